The predicted octanol–water partition coefficient (Wildman–Crippen LogP) is 1.27. The molecule has 0 amide bonds. The first-order valence-electron chi connectivity index (χ1n) is 5.21. The van der Waals surface area contributed by atoms with Crippen LogP contribution in [0.3, 0.4) is 0 Å². The number of allylic oxidation sites excluding steroid dienone is 2. The smallest absolute Gasteiger partial charge is 0.123 e. The van der Waals surface area contributed by atoms with Gasteiger partial charge in [0.2, 0.25) is 0 Å². The van der Waals surface area contributed by atoms with Gasteiger partial charge in [-0.3, -0.25) is 4.99 Å². The van der Waals surface area contributed by atoms with Crippen molar-refractivity contribution in [3.8, 4) is 0 Å². The fraction of sp³-hybridized carbons (Fsp3) is 0.417. The van der Waals surface area contributed by atoms with E-state index in [0.29, 0.717) is 0 Å². The minimum Gasteiger partial charge on any atom is -0.368 e. The van der Waals surface area contributed by atoms with E-state index in [1.807, 2.05) is 13.1 Å². The summed E-state index contributed by atoms with van der Waals surface area (Å²) in [6.45, 7) is 8.51. The summed E-state index contributed by atoms with van der Waals surface area (Å²) in [5, 5.41) is 6.34. The van der Waals surface area contributed by atoms with Gasteiger partial charge in [-0.2, -0.15) is 0 Å². The molecule has 0 aromatic rings. The van der Waals surface area contributed by atoms with Gasteiger partial charge in [0.1, 0.15) is 5.84 Å². The molecule has 3 nitrogen and oxygen atoms in total. The van der Waals surface area contributed by atoms with Crippen LogP contribution in [0.1, 0.15) is 6.92 Å². The van der Waals surface area contributed by atoms with Crippen molar-refractivity contribution in [1.29, 1.82) is 0 Å². The van der Waals surface area contributed by atoms with Crippen LogP contribution in [0.25, 0.3) is 0 Å². The first-order valence-corrected chi connectivity index (χ1v) is 5.21. The van der Waals surface area contributed by atoms with Crippen molar-refractivity contribution in [2.75, 3.05) is 26.7 Å². The molecule has 0 aliphatic carbocycles. The molecule has 0 aromatic carbocycles. The number of nitrogens with one attached hydrogen (secondary N) is 2. The Balaban J connectivity index is 2.64. The van der Waals surface area contributed by atoms with Crippen molar-refractivity contribution >= 4 is 5.84 Å². The lowest BCUT2D eigenvalue weighted by molar-refractivity contribution is 0.896. The molecule has 1 rings (SSSR count). The van der Waals surface area contributed by atoms with Gasteiger partial charge in [-0.15, -0.1) is 0 Å². The Kier molecular flexibility index (Phi) is 4.84. The summed E-state index contributed by atoms with van der Waals surface area (Å²) in [7, 11) is 1.93. The average molecular weight is 205 g/mol. The third kappa shape index (κ3) is 3.72. The SMILES string of the molecule is C=C/C(=C\C=C(/C)C1=NCCN1)CNC. The Hall–Kier alpha value is -1.35. The van der Waals surface area contributed by atoms with Crippen molar-refractivity contribution in [2.24, 2.45) is 4.99 Å². The van der Waals surface area contributed by atoms with E-state index in [1.54, 1.807) is 0 Å². The molecular formula is C12H19N3. The minimum atomic E-state index is 0.840. The van der Waals surface area contributed by atoms with Gasteiger partial charge in [0.05, 0.1) is 6.54 Å². The molecule has 0 radical (unpaired) electrons. The van der Waals surface area contributed by atoms with E-state index in [0.717, 1.165) is 25.5 Å². The van der Waals surface area contributed by atoms with Crippen LogP contribution >= 0.6 is 0 Å². The van der Waals surface area contributed by atoms with Crippen molar-refractivity contribution in [1.82, 2.24) is 10.6 Å². The summed E-state index contributed by atoms with van der Waals surface area (Å²) in [5.41, 5.74) is 2.35. The van der Waals surface area contributed by atoms with E-state index in [4.69, 9.17) is 0 Å². The normalized spacial score (nSPS) is 17.3. The average Bonchev–Trinajstić information content (AvgIpc) is 2.77. The van der Waals surface area contributed by atoms with E-state index < -0.39 is 0 Å². The molecule has 1 aliphatic heterocycles. The summed E-state index contributed by atoms with van der Waals surface area (Å²) in [6.07, 6.45) is 6.01. The molecular weight excluding hydrogens is 186 g/mol. The molecule has 2 N–H and O–H groups in total. The Morgan fingerprint density at radius 3 is 2.93 bits per heavy atom. The zero-order valence-corrected chi connectivity index (χ0v) is 9.51. The molecule has 82 valence electrons. The molecule has 15 heavy (non-hydrogen) atoms. The summed E-state index contributed by atoms with van der Waals surface area (Å²) in [6, 6.07) is 0. The Morgan fingerprint density at radius 2 is 2.40 bits per heavy atom. The van der Waals surface area contributed by atoms with Gasteiger partial charge in [0.15, 0.2) is 0 Å². The van der Waals surface area contributed by atoms with Crippen molar-refractivity contribution < 1.29 is 0 Å². The third-order valence-corrected chi connectivity index (χ3v) is 2.24. The largest absolute Gasteiger partial charge is 0.368 e. The van der Waals surface area contributed by atoms with Gasteiger partial charge < -0.3 is 10.6 Å². The van der Waals surface area contributed by atoms with E-state index >= 15 is 0 Å². The van der Waals surface area contributed by atoms with Crippen LogP contribution in [0.4, 0.5) is 0 Å². The first-order chi connectivity index (χ1) is 7.27. The summed E-state index contributed by atoms with van der Waals surface area (Å²) in [4.78, 5) is 4.35. The number of nitrogens with zero attached hydrogens (tertiary/aromatic N) is 1. The van der Waals surface area contributed by atoms with Crippen LogP contribution in [0, 0.1) is 0 Å². The molecule has 1 aliphatic rings. The number of likely N-dealkylation sites (N-methyl/N-ethyl adjacent to an activating group) is 1. The van der Waals surface area contributed by atoms with E-state index in [-0.39, 0.29) is 0 Å². The molecule has 0 aromatic heterocycles. The molecule has 1 heterocycles. The van der Waals surface area contributed by atoms with Crippen molar-refractivity contribution in [2.45, 2.75) is 6.92 Å². The van der Waals surface area contributed by atoms with Gasteiger partial charge in [-0.25, -0.2) is 0 Å². The van der Waals surface area contributed by atoms with Gasteiger partial charge in [0.25, 0.3) is 0 Å². The lowest BCUT2D eigenvalue weighted by Gasteiger charge is -2.01. The second-order valence-corrected chi connectivity index (χ2v) is 3.48. The summed E-state index contributed by atoms with van der Waals surface area (Å²) >= 11 is 0. The van der Waals surface area contributed by atoms with Gasteiger partial charge in [-0.1, -0.05) is 24.8 Å². The third-order valence-electron chi connectivity index (χ3n) is 2.24. The molecule has 0 atom stereocenters. The standard InChI is InChI=1S/C12H19N3/c1-4-11(9-13-3)6-5-10(2)12-14-7-8-15-12/h4-6,13H,1,7-9H2,2-3H3,(H,14,15)/b10-5+,11-6+. The quantitative estimate of drug-likeness (QED) is 0.663. The Bertz CT molecular complexity index is 311. The number of rotatable bonds is 5. The number of amidine groups is 1. The van der Waals surface area contributed by atoms with Gasteiger partial charge in [-0.05, 0) is 25.1 Å². The maximum absolute atomic E-state index is 4.35. The van der Waals surface area contributed by atoms with Crippen LogP contribution < -0.4 is 10.6 Å². The Morgan fingerprint density at radius 1 is 1.60 bits per heavy atom. The first kappa shape index (κ1) is 11.7. The monoisotopic (exact) mass is 205 g/mol. The Labute approximate surface area is 91.7 Å². The summed E-state index contributed by atoms with van der Waals surface area (Å²) in [5.74, 6) is 1.01. The van der Waals surface area contributed by atoms with E-state index in [2.05, 4.69) is 41.3 Å². The maximum Gasteiger partial charge on any atom is 0.123 e. The highest BCUT2D eigenvalue weighted by Crippen LogP contribution is 2.02. The van der Waals surface area contributed by atoms with Gasteiger partial charge >= 0.3 is 0 Å². The van der Waals surface area contributed by atoms with Crippen LogP contribution in [0.5, 0.6) is 0 Å². The zero-order chi connectivity index (χ0) is 11.1. The van der Waals surface area contributed by atoms with Crippen LogP contribution in [-0.4, -0.2) is 32.5 Å². The number of hydrogen-bond donors (Lipinski definition) is 2. The van der Waals surface area contributed by atoms with E-state index in [9.17, 15) is 0 Å². The molecule has 0 bridgehead atoms. The molecule has 0 unspecified atom stereocenters. The van der Waals surface area contributed by atoms with E-state index in [1.165, 1.54) is 11.1 Å². The van der Waals surface area contributed by atoms with Gasteiger partial charge in [0, 0.05) is 13.1 Å². The maximum atomic E-state index is 4.35. The summed E-state index contributed by atoms with van der Waals surface area (Å²) < 4.78 is 0. The fourth-order valence-electron chi connectivity index (χ4n) is 1.38. The molecule has 0 saturated carbocycles. The highest BCUT2D eigenvalue weighted by atomic mass is 15.1. The lowest BCUT2D eigenvalue weighted by Crippen LogP contribution is -2.19. The second-order valence-electron chi connectivity index (χ2n) is 3.48. The number of hydrogen-bond acceptors (Lipinski definition) is 3. The van der Waals surface area contributed by atoms with Crippen LogP contribution in [0.15, 0.2) is 40.9 Å². The van der Waals surface area contributed by atoms with Crippen LogP contribution in [0.2, 0.25) is 0 Å². The molecule has 0 saturated heterocycles. The van der Waals surface area contributed by atoms with Crippen molar-refractivity contribution in [3.63, 3.8) is 0 Å². The van der Waals surface area contributed by atoms with Crippen LogP contribution in [-0.2, 0) is 0 Å². The highest BCUT2D eigenvalue weighted by Gasteiger charge is 2.05. The minimum absolute atomic E-state index is 0.840. The second kappa shape index (κ2) is 6.19. The van der Waals surface area contributed by atoms with Crippen molar-refractivity contribution in [3.05, 3.63) is 36.0 Å². The predicted molar refractivity (Wildman–Crippen MR) is 66.3 cm³/mol. The zero-order valence-electron chi connectivity index (χ0n) is 9.51. The lowest BCUT2D eigenvalue weighted by atomic mass is 10.2. The molecule has 0 fully saturated rings. The molecule has 3 heteroatoms. The fourth-order valence-corrected chi connectivity index (χ4v) is 1.38. The highest BCUT2D eigenvalue weighted by molar-refractivity contribution is 5.98. The molecule has 0 spiro atoms. The topological polar surface area (TPSA) is 36.4 Å². The number of aliphatic imine (C=N–C) groups is 1.